The zero-order valence-corrected chi connectivity index (χ0v) is 15.4. The van der Waals surface area contributed by atoms with Gasteiger partial charge < -0.3 is 4.90 Å². The second-order valence-electron chi connectivity index (χ2n) is 5.72. The van der Waals surface area contributed by atoms with E-state index in [0.717, 1.165) is 5.69 Å². The average Bonchev–Trinajstić information content (AvgIpc) is 2.64. The first kappa shape index (κ1) is 18.8. The third kappa shape index (κ3) is 5.03. The highest BCUT2D eigenvalue weighted by atomic mass is 32.2. The fraction of sp³-hybridized carbons (Fsp3) is 0.235. The van der Waals surface area contributed by atoms with E-state index < -0.39 is 0 Å². The number of hydrogen-bond donors (Lipinski definition) is 3. The number of anilines is 2. The topological polar surface area (TPSA) is 47.6 Å². The van der Waals surface area contributed by atoms with E-state index in [2.05, 4.69) is 23.5 Å². The number of carbonyl (C=O) groups excluding carboxylic acids is 1. The smallest absolute Gasteiger partial charge is 0.252 e. The van der Waals surface area contributed by atoms with Crippen LogP contribution in [-0.4, -0.2) is 34.6 Å². The summed E-state index contributed by atoms with van der Waals surface area (Å²) in [6.45, 7) is 0.677. The Morgan fingerprint density at radius 2 is 1.73 bits per heavy atom. The summed E-state index contributed by atoms with van der Waals surface area (Å²) in [6, 6.07) is 11.9. The molecule has 138 valence electrons. The average molecular weight is 396 g/mol. The molecule has 2 aromatic carbocycles. The van der Waals surface area contributed by atoms with Gasteiger partial charge in [-0.2, -0.15) is 0 Å². The van der Waals surface area contributed by atoms with Gasteiger partial charge in [-0.15, -0.1) is 24.4 Å². The summed E-state index contributed by atoms with van der Waals surface area (Å²) in [7, 11) is 0. The molecule has 2 aromatic rings. The van der Waals surface area contributed by atoms with Crippen molar-refractivity contribution < 1.29 is 13.6 Å². The van der Waals surface area contributed by atoms with Crippen LogP contribution in [0.1, 0.15) is 0 Å². The number of halogens is 2. The number of rotatable bonds is 5. The van der Waals surface area contributed by atoms with Gasteiger partial charge >= 0.3 is 0 Å². The Morgan fingerprint density at radius 3 is 2.38 bits per heavy atom. The summed E-state index contributed by atoms with van der Waals surface area (Å²) in [5.41, 5.74) is 6.77. The van der Waals surface area contributed by atoms with E-state index in [9.17, 15) is 13.6 Å². The van der Waals surface area contributed by atoms with Crippen molar-refractivity contribution in [2.45, 2.75) is 4.71 Å². The number of thioether (sulfide) groups is 1. The number of thiol groups is 1. The van der Waals surface area contributed by atoms with Gasteiger partial charge in [0.05, 0.1) is 18.9 Å². The molecule has 0 aliphatic carbocycles. The van der Waals surface area contributed by atoms with E-state index in [1.165, 1.54) is 36.4 Å². The van der Waals surface area contributed by atoms with Crippen molar-refractivity contribution in [3.8, 4) is 0 Å². The highest BCUT2D eigenvalue weighted by Gasteiger charge is 2.26. The number of carbonyl (C=O) groups is 1. The van der Waals surface area contributed by atoms with E-state index >= 15 is 0 Å². The maximum atomic E-state index is 13.1. The van der Waals surface area contributed by atoms with Crippen molar-refractivity contribution in [1.82, 2.24) is 10.3 Å². The molecule has 1 aliphatic heterocycles. The molecule has 26 heavy (non-hydrogen) atoms. The van der Waals surface area contributed by atoms with Gasteiger partial charge in [-0.3, -0.25) is 20.5 Å². The van der Waals surface area contributed by atoms with Crippen LogP contribution in [0.3, 0.4) is 0 Å². The molecule has 1 unspecified atom stereocenters. The van der Waals surface area contributed by atoms with Crippen LogP contribution < -0.4 is 15.8 Å². The molecule has 9 heteroatoms. The number of nitrogens with zero attached hydrogens (tertiary/aromatic N) is 2. The van der Waals surface area contributed by atoms with E-state index in [-0.39, 0.29) is 28.8 Å². The first-order chi connectivity index (χ1) is 12.5. The Bertz CT molecular complexity index is 745. The van der Waals surface area contributed by atoms with Gasteiger partial charge in [-0.05, 0) is 48.5 Å². The third-order valence-corrected chi connectivity index (χ3v) is 5.53. The molecule has 0 spiro atoms. The van der Waals surface area contributed by atoms with Crippen molar-refractivity contribution in [1.29, 1.82) is 0 Å². The Labute approximate surface area is 160 Å². The Kier molecular flexibility index (Phi) is 6.23. The molecule has 0 aromatic heterocycles. The molecule has 1 atom stereocenters. The second kappa shape index (κ2) is 8.61. The molecule has 2 N–H and O–H groups in total. The largest absolute Gasteiger partial charge is 0.338 e. The first-order valence-electron chi connectivity index (χ1n) is 7.86. The minimum Gasteiger partial charge on any atom is -0.338 e. The lowest BCUT2D eigenvalue weighted by Gasteiger charge is -2.40. The summed E-state index contributed by atoms with van der Waals surface area (Å²) in [5, 5.41) is 0. The van der Waals surface area contributed by atoms with Crippen molar-refractivity contribution in [3.05, 3.63) is 60.2 Å². The maximum Gasteiger partial charge on any atom is 0.252 e. The van der Waals surface area contributed by atoms with Crippen LogP contribution in [0.25, 0.3) is 0 Å². The van der Waals surface area contributed by atoms with E-state index in [1.807, 2.05) is 9.80 Å². The summed E-state index contributed by atoms with van der Waals surface area (Å²) in [5.74, 6) is -0.200. The lowest BCUT2D eigenvalue weighted by atomic mass is 10.3. The van der Waals surface area contributed by atoms with Crippen LogP contribution in [0.4, 0.5) is 20.2 Å². The predicted octanol–water partition coefficient (Wildman–Crippen LogP) is 3.09. The van der Waals surface area contributed by atoms with E-state index in [0.29, 0.717) is 18.2 Å². The molecule has 1 amide bonds. The van der Waals surface area contributed by atoms with Gasteiger partial charge in [-0.1, -0.05) is 0 Å². The SMILES string of the molecule is O=C(CN1CSC(S)N(c2ccc(F)cc2)C1)NNc1ccc(F)cc1. The quantitative estimate of drug-likeness (QED) is 0.536. The summed E-state index contributed by atoms with van der Waals surface area (Å²) >= 11 is 6.12. The molecule has 0 saturated carbocycles. The van der Waals surface area contributed by atoms with Crippen molar-refractivity contribution >= 4 is 41.7 Å². The molecule has 1 saturated heterocycles. The molecule has 3 rings (SSSR count). The van der Waals surface area contributed by atoms with Gasteiger partial charge in [0.25, 0.3) is 5.91 Å². The van der Waals surface area contributed by atoms with Crippen LogP contribution in [0.15, 0.2) is 48.5 Å². The van der Waals surface area contributed by atoms with Crippen LogP contribution >= 0.6 is 24.4 Å². The van der Waals surface area contributed by atoms with Gasteiger partial charge in [0.15, 0.2) is 0 Å². The predicted molar refractivity (Wildman–Crippen MR) is 104 cm³/mol. The summed E-state index contributed by atoms with van der Waals surface area (Å²) in [6.07, 6.45) is 0. The Morgan fingerprint density at radius 1 is 1.12 bits per heavy atom. The van der Waals surface area contributed by atoms with Gasteiger partial charge in [-0.25, -0.2) is 8.78 Å². The van der Waals surface area contributed by atoms with Crippen LogP contribution in [0.5, 0.6) is 0 Å². The normalized spacial score (nSPS) is 17.8. The highest BCUT2D eigenvalue weighted by molar-refractivity contribution is 8.10. The molecule has 5 nitrogen and oxygen atoms in total. The molecule has 0 radical (unpaired) electrons. The van der Waals surface area contributed by atoms with Gasteiger partial charge in [0.1, 0.15) is 16.3 Å². The Balaban J connectivity index is 1.53. The molecular formula is C17H18F2N4OS2. The zero-order valence-electron chi connectivity index (χ0n) is 13.7. The highest BCUT2D eigenvalue weighted by Crippen LogP contribution is 2.30. The number of hydrogen-bond acceptors (Lipinski definition) is 6. The minimum atomic E-state index is -0.339. The zero-order chi connectivity index (χ0) is 18.5. The molecule has 1 heterocycles. The summed E-state index contributed by atoms with van der Waals surface area (Å²) < 4.78 is 25.9. The van der Waals surface area contributed by atoms with Crippen LogP contribution in [-0.2, 0) is 4.79 Å². The number of nitrogens with one attached hydrogen (secondary N) is 2. The fourth-order valence-electron chi connectivity index (χ4n) is 2.44. The van der Waals surface area contributed by atoms with Crippen LogP contribution in [0, 0.1) is 11.6 Å². The van der Waals surface area contributed by atoms with Crippen molar-refractivity contribution in [3.63, 3.8) is 0 Å². The van der Waals surface area contributed by atoms with E-state index in [4.69, 9.17) is 0 Å². The van der Waals surface area contributed by atoms with Crippen molar-refractivity contribution in [2.75, 3.05) is 29.4 Å². The number of hydrazine groups is 1. The number of amides is 1. The fourth-order valence-corrected chi connectivity index (χ4v) is 3.74. The van der Waals surface area contributed by atoms with E-state index in [1.54, 1.807) is 23.9 Å². The van der Waals surface area contributed by atoms with Gasteiger partial charge in [0, 0.05) is 11.6 Å². The monoisotopic (exact) mass is 396 g/mol. The minimum absolute atomic E-state index is 0.0721. The second-order valence-corrected chi connectivity index (χ2v) is 7.60. The van der Waals surface area contributed by atoms with Gasteiger partial charge in [0.2, 0.25) is 0 Å². The third-order valence-electron chi connectivity index (χ3n) is 3.74. The van der Waals surface area contributed by atoms with Crippen molar-refractivity contribution in [2.24, 2.45) is 0 Å². The maximum absolute atomic E-state index is 13.1. The molecular weight excluding hydrogens is 378 g/mol. The Hall–Kier alpha value is -1.97. The first-order valence-corrected chi connectivity index (χ1v) is 9.42. The lowest BCUT2D eigenvalue weighted by molar-refractivity contribution is -0.121. The van der Waals surface area contributed by atoms with Crippen LogP contribution in [0.2, 0.25) is 0 Å². The summed E-state index contributed by atoms with van der Waals surface area (Å²) in [4.78, 5) is 16.1. The standard InChI is InChI=1S/C17H18F2N4OS2/c18-12-1-5-14(6-2-12)20-21-16(24)9-22-10-23(17(25)26-11-22)15-7-3-13(19)4-8-15/h1-8,17,20,25H,9-11H2,(H,21,24). The number of benzene rings is 2. The lowest BCUT2D eigenvalue weighted by Crippen LogP contribution is -2.49. The molecule has 1 fully saturated rings. The molecule has 1 aliphatic rings. The molecule has 0 bridgehead atoms.